The van der Waals surface area contributed by atoms with E-state index in [9.17, 15) is 9.18 Å². The molecule has 0 aromatic heterocycles. The second-order valence-electron chi connectivity index (χ2n) is 7.97. The summed E-state index contributed by atoms with van der Waals surface area (Å²) in [5.41, 5.74) is 1.57. The number of rotatable bonds is 5. The molecule has 1 atom stereocenters. The molecular weight excluding hydrogens is 329 g/mol. The van der Waals surface area contributed by atoms with Crippen molar-refractivity contribution in [3.8, 4) is 0 Å². The Kier molecular flexibility index (Phi) is 6.05. The number of carbonyl (C=O) groups excluding carboxylic acids is 1. The van der Waals surface area contributed by atoms with Crippen LogP contribution in [0.2, 0.25) is 0 Å². The summed E-state index contributed by atoms with van der Waals surface area (Å²) in [6, 6.07) is 6.29. The molecular formula is C21H32FN3O. The van der Waals surface area contributed by atoms with Crippen LogP contribution in [0.25, 0.3) is 0 Å². The summed E-state index contributed by atoms with van der Waals surface area (Å²) in [4.78, 5) is 15.9. The minimum Gasteiger partial charge on any atom is -0.382 e. The second kappa shape index (κ2) is 8.28. The molecule has 0 radical (unpaired) electrons. The van der Waals surface area contributed by atoms with Crippen LogP contribution in [0.1, 0.15) is 52.9 Å². The van der Waals surface area contributed by atoms with Crippen molar-refractivity contribution in [1.82, 2.24) is 4.90 Å². The Labute approximate surface area is 156 Å². The van der Waals surface area contributed by atoms with Crippen molar-refractivity contribution in [2.45, 2.75) is 65.0 Å². The molecule has 26 heavy (non-hydrogen) atoms. The van der Waals surface area contributed by atoms with Crippen LogP contribution < -0.4 is 10.2 Å². The Bertz CT molecular complexity index is 626. The average Bonchev–Trinajstić information content (AvgIpc) is 3.11. The molecule has 1 amide bonds. The van der Waals surface area contributed by atoms with Gasteiger partial charge in [-0.2, -0.15) is 0 Å². The number of anilines is 2. The lowest BCUT2D eigenvalue weighted by atomic mass is 10.0. The van der Waals surface area contributed by atoms with Crippen LogP contribution >= 0.6 is 0 Å². The van der Waals surface area contributed by atoms with Gasteiger partial charge in [-0.3, -0.25) is 4.79 Å². The van der Waals surface area contributed by atoms with Crippen molar-refractivity contribution in [1.29, 1.82) is 0 Å². The van der Waals surface area contributed by atoms with Crippen LogP contribution in [0, 0.1) is 11.7 Å². The highest BCUT2D eigenvalue weighted by molar-refractivity contribution is 5.75. The Morgan fingerprint density at radius 2 is 1.96 bits per heavy atom. The lowest BCUT2D eigenvalue weighted by molar-refractivity contribution is -0.131. The van der Waals surface area contributed by atoms with E-state index in [0.717, 1.165) is 56.7 Å². The van der Waals surface area contributed by atoms with Gasteiger partial charge in [0.15, 0.2) is 0 Å². The predicted molar refractivity (Wildman–Crippen MR) is 105 cm³/mol. The number of amides is 1. The maximum Gasteiger partial charge on any atom is 0.222 e. The summed E-state index contributed by atoms with van der Waals surface area (Å²) in [5, 5.41) is 3.45. The molecule has 0 unspecified atom stereocenters. The van der Waals surface area contributed by atoms with Gasteiger partial charge in [-0.1, -0.05) is 20.8 Å². The lowest BCUT2D eigenvalue weighted by Crippen LogP contribution is -2.42. The summed E-state index contributed by atoms with van der Waals surface area (Å²) >= 11 is 0. The fourth-order valence-electron chi connectivity index (χ4n) is 4.35. The number of nitrogens with one attached hydrogen (secondary N) is 1. The van der Waals surface area contributed by atoms with Gasteiger partial charge in [-0.05, 0) is 49.8 Å². The van der Waals surface area contributed by atoms with Crippen LogP contribution in [0.3, 0.4) is 0 Å². The van der Waals surface area contributed by atoms with E-state index in [0.29, 0.717) is 24.4 Å². The highest BCUT2D eigenvalue weighted by Gasteiger charge is 2.29. The summed E-state index contributed by atoms with van der Waals surface area (Å²) in [6.07, 6.45) is 4.68. The first-order valence-corrected chi connectivity index (χ1v) is 10.1. The zero-order valence-corrected chi connectivity index (χ0v) is 16.3. The molecule has 1 aromatic rings. The molecule has 2 aliphatic rings. The van der Waals surface area contributed by atoms with Gasteiger partial charge in [-0.15, -0.1) is 0 Å². The standard InChI is InChI=1S/C21H32FN3O/c1-4-21(26)24-12-9-16(10-13-24)23-17-7-8-20(18(22)14-17)25-11-5-6-19(25)15(2)3/h7-8,14-16,19,23H,4-6,9-13H2,1-3H3/t19-/m1/s1. The molecule has 5 heteroatoms. The van der Waals surface area contributed by atoms with Gasteiger partial charge >= 0.3 is 0 Å². The third-order valence-electron chi connectivity index (χ3n) is 5.85. The van der Waals surface area contributed by atoms with Gasteiger partial charge in [0.25, 0.3) is 0 Å². The number of piperidine rings is 1. The number of nitrogens with zero attached hydrogens (tertiary/aromatic N) is 2. The lowest BCUT2D eigenvalue weighted by Gasteiger charge is -2.33. The van der Waals surface area contributed by atoms with Gasteiger partial charge in [0, 0.05) is 43.8 Å². The summed E-state index contributed by atoms with van der Waals surface area (Å²) in [7, 11) is 0. The molecule has 0 spiro atoms. The fraction of sp³-hybridized carbons (Fsp3) is 0.667. The quantitative estimate of drug-likeness (QED) is 0.851. The Morgan fingerprint density at radius 3 is 2.58 bits per heavy atom. The summed E-state index contributed by atoms with van der Waals surface area (Å²) in [5.74, 6) is 0.621. The number of hydrogen-bond acceptors (Lipinski definition) is 3. The Balaban J connectivity index is 1.61. The zero-order chi connectivity index (χ0) is 18.7. The highest BCUT2D eigenvalue weighted by atomic mass is 19.1. The molecule has 0 saturated carbocycles. The summed E-state index contributed by atoms with van der Waals surface area (Å²) in [6.45, 7) is 8.85. The fourth-order valence-corrected chi connectivity index (χ4v) is 4.35. The Morgan fingerprint density at radius 1 is 1.23 bits per heavy atom. The van der Waals surface area contributed by atoms with E-state index in [1.165, 1.54) is 0 Å². The van der Waals surface area contributed by atoms with E-state index < -0.39 is 0 Å². The van der Waals surface area contributed by atoms with Crippen molar-refractivity contribution in [3.63, 3.8) is 0 Å². The van der Waals surface area contributed by atoms with Crippen LogP contribution in [0.15, 0.2) is 18.2 Å². The molecule has 4 nitrogen and oxygen atoms in total. The summed E-state index contributed by atoms with van der Waals surface area (Å²) < 4.78 is 14.8. The maximum atomic E-state index is 14.8. The molecule has 3 rings (SSSR count). The predicted octanol–water partition coefficient (Wildman–Crippen LogP) is 4.26. The third-order valence-corrected chi connectivity index (χ3v) is 5.85. The molecule has 144 valence electrons. The molecule has 2 fully saturated rings. The average molecular weight is 362 g/mol. The van der Waals surface area contributed by atoms with Crippen molar-refractivity contribution in [2.24, 2.45) is 5.92 Å². The minimum atomic E-state index is -0.138. The van der Waals surface area contributed by atoms with Gasteiger partial charge in [0.1, 0.15) is 5.82 Å². The molecule has 1 aromatic carbocycles. The van der Waals surface area contributed by atoms with Crippen LogP contribution in [-0.2, 0) is 4.79 Å². The largest absolute Gasteiger partial charge is 0.382 e. The van der Waals surface area contributed by atoms with E-state index >= 15 is 0 Å². The topological polar surface area (TPSA) is 35.6 Å². The highest BCUT2D eigenvalue weighted by Crippen LogP contribution is 2.33. The van der Waals surface area contributed by atoms with Crippen LogP contribution in [0.5, 0.6) is 0 Å². The van der Waals surface area contributed by atoms with Crippen molar-refractivity contribution in [2.75, 3.05) is 29.9 Å². The normalized spacial score (nSPS) is 21.5. The van der Waals surface area contributed by atoms with Crippen molar-refractivity contribution < 1.29 is 9.18 Å². The molecule has 0 bridgehead atoms. The van der Waals surface area contributed by atoms with Gasteiger partial charge in [0.05, 0.1) is 5.69 Å². The van der Waals surface area contributed by atoms with Crippen LogP contribution in [-0.4, -0.2) is 42.5 Å². The first-order chi connectivity index (χ1) is 12.5. The van der Waals surface area contributed by atoms with E-state index in [1.807, 2.05) is 24.0 Å². The SMILES string of the molecule is CCC(=O)N1CCC(Nc2ccc(N3CCC[C@@H]3C(C)C)c(F)c2)CC1. The van der Waals surface area contributed by atoms with E-state index in [1.54, 1.807) is 6.07 Å². The molecule has 2 aliphatic heterocycles. The third kappa shape index (κ3) is 4.13. The number of hydrogen-bond donors (Lipinski definition) is 1. The smallest absolute Gasteiger partial charge is 0.222 e. The van der Waals surface area contributed by atoms with Gasteiger partial charge in [0.2, 0.25) is 5.91 Å². The number of carbonyl (C=O) groups is 1. The van der Waals surface area contributed by atoms with Crippen LogP contribution in [0.4, 0.5) is 15.8 Å². The van der Waals surface area contributed by atoms with Crippen molar-refractivity contribution in [3.05, 3.63) is 24.0 Å². The van der Waals surface area contributed by atoms with Crippen molar-refractivity contribution >= 4 is 17.3 Å². The molecule has 1 N–H and O–H groups in total. The molecule has 2 heterocycles. The molecule has 2 saturated heterocycles. The van der Waals surface area contributed by atoms with E-state index in [4.69, 9.17) is 0 Å². The monoisotopic (exact) mass is 361 g/mol. The molecule has 0 aliphatic carbocycles. The number of halogens is 1. The van der Waals surface area contributed by atoms with E-state index in [-0.39, 0.29) is 11.7 Å². The van der Waals surface area contributed by atoms with Gasteiger partial charge < -0.3 is 15.1 Å². The number of benzene rings is 1. The van der Waals surface area contributed by atoms with Gasteiger partial charge in [-0.25, -0.2) is 4.39 Å². The Hall–Kier alpha value is -1.78. The first-order valence-electron chi connectivity index (χ1n) is 10.1. The maximum absolute atomic E-state index is 14.8. The second-order valence-corrected chi connectivity index (χ2v) is 7.97. The first kappa shape index (κ1) is 19.0. The minimum absolute atomic E-state index is 0.138. The van der Waals surface area contributed by atoms with E-state index in [2.05, 4.69) is 24.1 Å². The zero-order valence-electron chi connectivity index (χ0n) is 16.3. The number of likely N-dealkylation sites (tertiary alicyclic amines) is 1.